The molecule has 0 heterocycles. The lowest BCUT2D eigenvalue weighted by molar-refractivity contribution is -0.138. The predicted molar refractivity (Wildman–Crippen MR) is 57.2 cm³/mol. The molecular formula is C10H22N2O2. The van der Waals surface area contributed by atoms with Crippen molar-refractivity contribution in [1.29, 1.82) is 0 Å². The minimum Gasteiger partial charge on any atom is -0.480 e. The molecule has 0 amide bonds. The molecule has 4 nitrogen and oxygen atoms in total. The van der Waals surface area contributed by atoms with Crippen LogP contribution in [-0.2, 0) is 4.79 Å². The minimum absolute atomic E-state index is 0.0487. The molecule has 84 valence electrons. The Morgan fingerprint density at radius 2 is 1.79 bits per heavy atom. The van der Waals surface area contributed by atoms with E-state index in [1.54, 1.807) is 0 Å². The first kappa shape index (κ1) is 13.4. The number of carboxylic acid groups (broad SMARTS) is 1. The zero-order valence-corrected chi connectivity index (χ0v) is 9.34. The highest BCUT2D eigenvalue weighted by atomic mass is 16.4. The van der Waals surface area contributed by atoms with Crippen molar-refractivity contribution < 1.29 is 9.90 Å². The molecule has 4 heteroatoms. The van der Waals surface area contributed by atoms with Gasteiger partial charge in [0.05, 0.1) is 0 Å². The summed E-state index contributed by atoms with van der Waals surface area (Å²) in [7, 11) is 0. The molecule has 1 atom stereocenters. The summed E-state index contributed by atoms with van der Waals surface area (Å²) in [6.45, 7) is 6.65. The predicted octanol–water partition coefficient (Wildman–Crippen LogP) is 0.957. The smallest absolute Gasteiger partial charge is 0.321 e. The van der Waals surface area contributed by atoms with Crippen molar-refractivity contribution in [3.63, 3.8) is 0 Å². The van der Waals surface area contributed by atoms with Gasteiger partial charge in [0.15, 0.2) is 0 Å². The lowest BCUT2D eigenvalue weighted by Gasteiger charge is -2.32. The number of nitrogens with one attached hydrogen (secondary N) is 1. The van der Waals surface area contributed by atoms with Gasteiger partial charge >= 0.3 is 5.97 Å². The molecule has 0 bridgehead atoms. The van der Waals surface area contributed by atoms with E-state index in [0.717, 1.165) is 19.3 Å². The lowest BCUT2D eigenvalue weighted by atomic mass is 9.89. The molecule has 0 aliphatic heterocycles. The van der Waals surface area contributed by atoms with Gasteiger partial charge < -0.3 is 16.2 Å². The number of carbonyl (C=O) groups is 1. The third kappa shape index (κ3) is 3.64. The fourth-order valence-corrected chi connectivity index (χ4v) is 1.54. The standard InChI is InChI=1S/C10H22N2O2/c1-4-10(5-2,6-3)12-7-8(11)9(13)14/h8,12H,4-7,11H2,1-3H3,(H,13,14). The molecule has 0 aromatic heterocycles. The molecule has 0 aromatic rings. The molecule has 4 N–H and O–H groups in total. The number of carboxylic acids is 1. The van der Waals surface area contributed by atoms with Gasteiger partial charge in [-0.25, -0.2) is 0 Å². The highest BCUT2D eigenvalue weighted by molar-refractivity contribution is 5.73. The van der Waals surface area contributed by atoms with Gasteiger partial charge in [-0.15, -0.1) is 0 Å². The summed E-state index contributed by atoms with van der Waals surface area (Å²) in [6.07, 6.45) is 2.98. The van der Waals surface area contributed by atoms with E-state index in [0.29, 0.717) is 6.54 Å². The van der Waals surface area contributed by atoms with Crippen LogP contribution in [0.3, 0.4) is 0 Å². The van der Waals surface area contributed by atoms with Gasteiger partial charge in [0.2, 0.25) is 0 Å². The van der Waals surface area contributed by atoms with Crippen LogP contribution in [0.2, 0.25) is 0 Å². The van der Waals surface area contributed by atoms with Crippen molar-refractivity contribution in [2.75, 3.05) is 6.54 Å². The van der Waals surface area contributed by atoms with E-state index in [1.165, 1.54) is 0 Å². The molecule has 0 radical (unpaired) electrons. The number of hydrogen-bond donors (Lipinski definition) is 3. The van der Waals surface area contributed by atoms with Gasteiger partial charge in [-0.05, 0) is 19.3 Å². The second-order valence-corrected chi connectivity index (χ2v) is 3.67. The molecule has 14 heavy (non-hydrogen) atoms. The maximum Gasteiger partial charge on any atom is 0.321 e. The van der Waals surface area contributed by atoms with Crippen molar-refractivity contribution in [2.24, 2.45) is 5.73 Å². The zero-order valence-electron chi connectivity index (χ0n) is 9.34. The summed E-state index contributed by atoms with van der Waals surface area (Å²) in [6, 6.07) is -0.806. The van der Waals surface area contributed by atoms with Crippen molar-refractivity contribution in [3.8, 4) is 0 Å². The first-order chi connectivity index (χ1) is 6.51. The molecule has 0 saturated carbocycles. The fraction of sp³-hybridized carbons (Fsp3) is 0.900. The first-order valence-electron chi connectivity index (χ1n) is 5.24. The SMILES string of the molecule is CCC(CC)(CC)NCC(N)C(=O)O. The Hall–Kier alpha value is -0.610. The van der Waals surface area contributed by atoms with E-state index >= 15 is 0 Å². The third-order valence-electron chi connectivity index (χ3n) is 3.04. The number of hydrogen-bond acceptors (Lipinski definition) is 3. The molecule has 0 rings (SSSR count). The Labute approximate surface area is 85.9 Å². The van der Waals surface area contributed by atoms with Crippen LogP contribution in [0.15, 0.2) is 0 Å². The van der Waals surface area contributed by atoms with Crippen molar-refractivity contribution >= 4 is 5.97 Å². The summed E-state index contributed by atoms with van der Waals surface area (Å²) in [5.74, 6) is -0.949. The molecule has 0 aromatic carbocycles. The fourth-order valence-electron chi connectivity index (χ4n) is 1.54. The van der Waals surface area contributed by atoms with E-state index in [2.05, 4.69) is 26.1 Å². The molecule has 0 aliphatic rings. The quantitative estimate of drug-likeness (QED) is 0.574. The van der Waals surface area contributed by atoms with Gasteiger partial charge in [0, 0.05) is 12.1 Å². The summed E-state index contributed by atoms with van der Waals surface area (Å²) in [4.78, 5) is 10.5. The Kier molecular flexibility index (Phi) is 5.72. The van der Waals surface area contributed by atoms with Gasteiger partial charge in [0.25, 0.3) is 0 Å². The third-order valence-corrected chi connectivity index (χ3v) is 3.04. The van der Waals surface area contributed by atoms with Crippen LogP contribution >= 0.6 is 0 Å². The van der Waals surface area contributed by atoms with E-state index in [1.807, 2.05) is 0 Å². The van der Waals surface area contributed by atoms with Crippen LogP contribution in [-0.4, -0.2) is 29.2 Å². The Morgan fingerprint density at radius 3 is 2.07 bits per heavy atom. The normalized spacial score (nSPS) is 14.0. The van der Waals surface area contributed by atoms with E-state index in [4.69, 9.17) is 10.8 Å². The number of nitrogens with two attached hydrogens (primary N) is 1. The van der Waals surface area contributed by atoms with Gasteiger partial charge in [-0.1, -0.05) is 20.8 Å². The largest absolute Gasteiger partial charge is 0.480 e. The summed E-state index contributed by atoms with van der Waals surface area (Å²) in [5.41, 5.74) is 5.47. The van der Waals surface area contributed by atoms with E-state index in [-0.39, 0.29) is 5.54 Å². The van der Waals surface area contributed by atoms with Crippen molar-refractivity contribution in [2.45, 2.75) is 51.6 Å². The van der Waals surface area contributed by atoms with Crippen LogP contribution in [0.1, 0.15) is 40.0 Å². The molecule has 0 fully saturated rings. The molecule has 0 spiro atoms. The summed E-state index contributed by atoms with van der Waals surface area (Å²) >= 11 is 0. The lowest BCUT2D eigenvalue weighted by Crippen LogP contribution is -2.50. The van der Waals surface area contributed by atoms with Gasteiger partial charge in [0.1, 0.15) is 6.04 Å². The van der Waals surface area contributed by atoms with E-state index < -0.39 is 12.0 Å². The van der Waals surface area contributed by atoms with E-state index in [9.17, 15) is 4.79 Å². The molecular weight excluding hydrogens is 180 g/mol. The van der Waals surface area contributed by atoms with Crippen LogP contribution in [0.5, 0.6) is 0 Å². The van der Waals surface area contributed by atoms with Crippen molar-refractivity contribution in [1.82, 2.24) is 5.32 Å². The second kappa shape index (κ2) is 5.98. The average Bonchev–Trinajstić information content (AvgIpc) is 2.20. The summed E-state index contributed by atoms with van der Waals surface area (Å²) < 4.78 is 0. The maximum absolute atomic E-state index is 10.5. The Bertz CT molecular complexity index is 171. The van der Waals surface area contributed by atoms with Crippen LogP contribution in [0, 0.1) is 0 Å². The topological polar surface area (TPSA) is 75.3 Å². The zero-order chi connectivity index (χ0) is 11.2. The molecule has 1 unspecified atom stereocenters. The monoisotopic (exact) mass is 202 g/mol. The minimum atomic E-state index is -0.949. The first-order valence-corrected chi connectivity index (χ1v) is 5.24. The number of aliphatic carboxylic acids is 1. The van der Waals surface area contributed by atoms with Crippen LogP contribution in [0.4, 0.5) is 0 Å². The highest BCUT2D eigenvalue weighted by Crippen LogP contribution is 2.18. The highest BCUT2D eigenvalue weighted by Gasteiger charge is 2.24. The average molecular weight is 202 g/mol. The van der Waals surface area contributed by atoms with Gasteiger partial charge in [-0.3, -0.25) is 4.79 Å². The van der Waals surface area contributed by atoms with Crippen molar-refractivity contribution in [3.05, 3.63) is 0 Å². The molecule has 0 aliphatic carbocycles. The Balaban J connectivity index is 4.12. The van der Waals surface area contributed by atoms with Gasteiger partial charge in [-0.2, -0.15) is 0 Å². The number of rotatable bonds is 7. The maximum atomic E-state index is 10.5. The molecule has 0 saturated heterocycles. The summed E-state index contributed by atoms with van der Waals surface area (Å²) in [5, 5.41) is 11.9. The van der Waals surface area contributed by atoms with Crippen LogP contribution in [0.25, 0.3) is 0 Å². The second-order valence-electron chi connectivity index (χ2n) is 3.67. The Morgan fingerprint density at radius 1 is 1.36 bits per heavy atom. The van der Waals surface area contributed by atoms with Crippen LogP contribution < -0.4 is 11.1 Å².